The molecule has 1 aromatic heterocycles. The van der Waals surface area contributed by atoms with Gasteiger partial charge in [0.15, 0.2) is 0 Å². The van der Waals surface area contributed by atoms with Crippen molar-refractivity contribution >= 4 is 31.9 Å². The fourth-order valence-corrected chi connectivity index (χ4v) is 4.92. The molecule has 1 aliphatic rings. The third-order valence-corrected chi connectivity index (χ3v) is 6.72. The Bertz CT molecular complexity index is 867. The topological polar surface area (TPSA) is 98.4 Å². The molecule has 0 atom stereocenters. The van der Waals surface area contributed by atoms with Crippen LogP contribution in [0.1, 0.15) is 5.69 Å². The lowest BCUT2D eigenvalue weighted by atomic mass is 10.1. The highest BCUT2D eigenvalue weighted by molar-refractivity contribution is 9.10. The second-order valence-electron chi connectivity index (χ2n) is 5.39. The van der Waals surface area contributed by atoms with Gasteiger partial charge in [-0.1, -0.05) is 6.07 Å². The van der Waals surface area contributed by atoms with Crippen molar-refractivity contribution in [2.45, 2.75) is 11.8 Å². The number of nitrogen functional groups attached to an aromatic ring is 1. The Morgan fingerprint density at radius 2 is 2.00 bits per heavy atom. The number of rotatable bonds is 3. The number of sulfonamides is 1. The van der Waals surface area contributed by atoms with Crippen LogP contribution in [-0.2, 0) is 14.8 Å². The summed E-state index contributed by atoms with van der Waals surface area (Å²) in [5.74, 6) is 0.189. The second kappa shape index (κ2) is 6.75. The third kappa shape index (κ3) is 3.30. The van der Waals surface area contributed by atoms with Crippen LogP contribution in [0.5, 0.6) is 0 Å². The Balaban J connectivity index is 2.06. The SMILES string of the molecule is Cc1nc(N)ncc1-c1ccc(Br)c(S(=O)(=O)N2CCOCC2)c1. The van der Waals surface area contributed by atoms with Gasteiger partial charge >= 0.3 is 0 Å². The van der Waals surface area contributed by atoms with Gasteiger partial charge < -0.3 is 10.5 Å². The van der Waals surface area contributed by atoms with E-state index in [4.69, 9.17) is 10.5 Å². The highest BCUT2D eigenvalue weighted by Gasteiger charge is 2.28. The average molecular weight is 413 g/mol. The van der Waals surface area contributed by atoms with Gasteiger partial charge in [-0.2, -0.15) is 4.31 Å². The van der Waals surface area contributed by atoms with Crippen LogP contribution in [0.25, 0.3) is 11.1 Å². The summed E-state index contributed by atoms with van der Waals surface area (Å²) in [6.07, 6.45) is 1.60. The summed E-state index contributed by atoms with van der Waals surface area (Å²) in [5, 5.41) is 0. The van der Waals surface area contributed by atoms with Gasteiger partial charge in [0.25, 0.3) is 0 Å². The highest BCUT2D eigenvalue weighted by atomic mass is 79.9. The maximum absolute atomic E-state index is 12.9. The summed E-state index contributed by atoms with van der Waals surface area (Å²) in [7, 11) is -3.60. The minimum Gasteiger partial charge on any atom is -0.379 e. The maximum Gasteiger partial charge on any atom is 0.244 e. The first-order valence-electron chi connectivity index (χ1n) is 7.36. The number of halogens is 1. The fourth-order valence-electron chi connectivity index (χ4n) is 2.56. The fraction of sp³-hybridized carbons (Fsp3) is 0.333. The molecule has 0 aliphatic carbocycles. The molecule has 1 fully saturated rings. The van der Waals surface area contributed by atoms with E-state index in [2.05, 4.69) is 25.9 Å². The van der Waals surface area contributed by atoms with Gasteiger partial charge in [0.1, 0.15) is 0 Å². The summed E-state index contributed by atoms with van der Waals surface area (Å²) in [5.41, 5.74) is 7.75. The molecular formula is C15H17BrN4O3S. The van der Waals surface area contributed by atoms with Crippen molar-refractivity contribution < 1.29 is 13.2 Å². The molecule has 24 heavy (non-hydrogen) atoms. The van der Waals surface area contributed by atoms with E-state index in [1.165, 1.54) is 4.31 Å². The molecule has 2 aromatic rings. The number of nitrogens with two attached hydrogens (primary N) is 1. The van der Waals surface area contributed by atoms with E-state index >= 15 is 0 Å². The number of nitrogens with zero attached hydrogens (tertiary/aromatic N) is 3. The van der Waals surface area contributed by atoms with Gasteiger partial charge in [0.2, 0.25) is 16.0 Å². The molecule has 1 saturated heterocycles. The number of anilines is 1. The quantitative estimate of drug-likeness (QED) is 0.825. The average Bonchev–Trinajstić information content (AvgIpc) is 2.56. The van der Waals surface area contributed by atoms with Crippen LogP contribution in [0.2, 0.25) is 0 Å². The van der Waals surface area contributed by atoms with Gasteiger partial charge in [-0.25, -0.2) is 18.4 Å². The molecule has 7 nitrogen and oxygen atoms in total. The molecule has 128 valence electrons. The Labute approximate surface area is 149 Å². The molecule has 0 amide bonds. The van der Waals surface area contributed by atoms with Crippen molar-refractivity contribution in [3.8, 4) is 11.1 Å². The van der Waals surface area contributed by atoms with Gasteiger partial charge in [-0.3, -0.25) is 0 Å². The van der Waals surface area contributed by atoms with Crippen LogP contribution >= 0.6 is 15.9 Å². The van der Waals surface area contributed by atoms with E-state index in [1.54, 1.807) is 18.3 Å². The Kier molecular flexibility index (Phi) is 4.86. The van der Waals surface area contributed by atoms with Crippen LogP contribution in [0.4, 0.5) is 5.95 Å². The maximum atomic E-state index is 12.9. The Hall–Kier alpha value is -1.55. The van der Waals surface area contributed by atoms with Crippen LogP contribution in [-0.4, -0.2) is 49.0 Å². The molecule has 1 aliphatic heterocycles. The summed E-state index contributed by atoms with van der Waals surface area (Å²) in [6, 6.07) is 5.18. The van der Waals surface area contributed by atoms with Crippen LogP contribution < -0.4 is 5.73 Å². The van der Waals surface area contributed by atoms with E-state index in [1.807, 2.05) is 13.0 Å². The van der Waals surface area contributed by atoms with E-state index < -0.39 is 10.0 Å². The van der Waals surface area contributed by atoms with Crippen molar-refractivity contribution in [3.63, 3.8) is 0 Å². The molecule has 2 N–H and O–H groups in total. The summed E-state index contributed by atoms with van der Waals surface area (Å²) >= 11 is 3.35. The highest BCUT2D eigenvalue weighted by Crippen LogP contribution is 2.31. The lowest BCUT2D eigenvalue weighted by molar-refractivity contribution is 0.0730. The van der Waals surface area contributed by atoms with E-state index in [-0.39, 0.29) is 10.8 Å². The molecule has 0 bridgehead atoms. The molecule has 3 rings (SSSR count). The van der Waals surface area contributed by atoms with E-state index in [0.717, 1.165) is 11.1 Å². The minimum absolute atomic E-state index is 0.189. The smallest absolute Gasteiger partial charge is 0.244 e. The minimum atomic E-state index is -3.60. The lowest BCUT2D eigenvalue weighted by Gasteiger charge is -2.26. The van der Waals surface area contributed by atoms with Crippen molar-refractivity contribution in [2.75, 3.05) is 32.0 Å². The number of hydrogen-bond acceptors (Lipinski definition) is 6. The molecule has 2 heterocycles. The number of ether oxygens (including phenoxy) is 1. The number of morpholine rings is 1. The van der Waals surface area contributed by atoms with Gasteiger partial charge in [-0.05, 0) is 40.5 Å². The van der Waals surface area contributed by atoms with Crippen LogP contribution in [0.3, 0.4) is 0 Å². The molecule has 0 radical (unpaired) electrons. The first-order chi connectivity index (χ1) is 11.4. The zero-order valence-corrected chi connectivity index (χ0v) is 15.5. The summed E-state index contributed by atoms with van der Waals surface area (Å²) < 4.78 is 33.0. The predicted molar refractivity (Wildman–Crippen MR) is 93.9 cm³/mol. The number of aromatic nitrogens is 2. The van der Waals surface area contributed by atoms with E-state index in [0.29, 0.717) is 36.5 Å². The number of aryl methyl sites for hydroxylation is 1. The number of hydrogen-bond donors (Lipinski definition) is 1. The first-order valence-corrected chi connectivity index (χ1v) is 9.60. The van der Waals surface area contributed by atoms with Crippen molar-refractivity contribution in [1.82, 2.24) is 14.3 Å². The van der Waals surface area contributed by atoms with Crippen LogP contribution in [0.15, 0.2) is 33.8 Å². The van der Waals surface area contributed by atoms with Crippen molar-refractivity contribution in [3.05, 3.63) is 34.6 Å². The van der Waals surface area contributed by atoms with Gasteiger partial charge in [0.05, 0.1) is 23.8 Å². The number of benzene rings is 1. The second-order valence-corrected chi connectivity index (χ2v) is 8.15. The predicted octanol–water partition coefficient (Wildman–Crippen LogP) is 1.82. The molecule has 9 heteroatoms. The van der Waals surface area contributed by atoms with Gasteiger partial charge in [0, 0.05) is 29.3 Å². The third-order valence-electron chi connectivity index (χ3n) is 3.83. The first kappa shape index (κ1) is 17.3. The summed E-state index contributed by atoms with van der Waals surface area (Å²) in [4.78, 5) is 8.35. The molecule has 0 unspecified atom stereocenters. The van der Waals surface area contributed by atoms with Crippen molar-refractivity contribution in [2.24, 2.45) is 0 Å². The lowest BCUT2D eigenvalue weighted by Crippen LogP contribution is -2.40. The summed E-state index contributed by atoms with van der Waals surface area (Å²) in [6.45, 7) is 3.32. The molecule has 0 saturated carbocycles. The zero-order valence-electron chi connectivity index (χ0n) is 13.1. The molecular weight excluding hydrogens is 396 g/mol. The van der Waals surface area contributed by atoms with Crippen molar-refractivity contribution in [1.29, 1.82) is 0 Å². The standard InChI is InChI=1S/C15H17BrN4O3S/c1-10-12(9-18-15(17)19-10)11-2-3-13(16)14(8-11)24(21,22)20-4-6-23-7-5-20/h2-3,8-9H,4-7H2,1H3,(H2,17,18,19). The van der Waals surface area contributed by atoms with Crippen LogP contribution in [0, 0.1) is 6.92 Å². The zero-order chi connectivity index (χ0) is 17.3. The van der Waals surface area contributed by atoms with Gasteiger partial charge in [-0.15, -0.1) is 0 Å². The van der Waals surface area contributed by atoms with E-state index in [9.17, 15) is 8.42 Å². The Morgan fingerprint density at radius 1 is 1.29 bits per heavy atom. The Morgan fingerprint density at radius 3 is 2.67 bits per heavy atom. The monoisotopic (exact) mass is 412 g/mol. The molecule has 1 aromatic carbocycles. The normalized spacial score (nSPS) is 16.2. The largest absolute Gasteiger partial charge is 0.379 e. The molecule has 0 spiro atoms.